The number of fused-ring (bicyclic) bond motifs is 1. The van der Waals surface area contributed by atoms with E-state index in [0.717, 1.165) is 35.2 Å². The van der Waals surface area contributed by atoms with Gasteiger partial charge in [-0.15, -0.1) is 0 Å². The molecule has 0 unspecified atom stereocenters. The molecule has 0 bridgehead atoms. The van der Waals surface area contributed by atoms with Gasteiger partial charge in [0.05, 0.1) is 29.5 Å². The highest BCUT2D eigenvalue weighted by molar-refractivity contribution is 5.94. The van der Waals surface area contributed by atoms with Gasteiger partial charge >= 0.3 is 6.55 Å². The predicted octanol–water partition coefficient (Wildman–Crippen LogP) is 6.49. The molecule has 33 heavy (non-hydrogen) atoms. The molecule has 4 aromatic rings. The van der Waals surface area contributed by atoms with Crippen LogP contribution in [0.4, 0.5) is 13.2 Å². The van der Waals surface area contributed by atoms with E-state index in [-0.39, 0.29) is 6.54 Å². The Labute approximate surface area is 189 Å². The van der Waals surface area contributed by atoms with Crippen molar-refractivity contribution in [2.24, 2.45) is 5.92 Å². The molecule has 0 spiro atoms. The van der Waals surface area contributed by atoms with Gasteiger partial charge in [0.25, 0.3) is 0 Å². The van der Waals surface area contributed by atoms with Crippen LogP contribution in [0.3, 0.4) is 0 Å². The maximum Gasteiger partial charge on any atom is 0.333 e. The molecule has 1 aliphatic carbocycles. The van der Waals surface area contributed by atoms with Crippen molar-refractivity contribution in [2.45, 2.75) is 65.2 Å². The Balaban J connectivity index is 1.63. The van der Waals surface area contributed by atoms with Crippen molar-refractivity contribution in [2.75, 3.05) is 0 Å². The van der Waals surface area contributed by atoms with Crippen molar-refractivity contribution in [3.8, 4) is 22.3 Å². The van der Waals surface area contributed by atoms with Gasteiger partial charge in [0.15, 0.2) is 0 Å². The van der Waals surface area contributed by atoms with Gasteiger partial charge in [0.2, 0.25) is 0 Å². The van der Waals surface area contributed by atoms with E-state index in [9.17, 15) is 8.78 Å². The van der Waals surface area contributed by atoms with Crippen molar-refractivity contribution in [3.63, 3.8) is 0 Å². The highest BCUT2D eigenvalue weighted by Gasteiger charge is 2.35. The fraction of sp³-hybridized carbons (Fsp3) is 0.458. The minimum Gasteiger partial charge on any atom is -0.361 e. The maximum absolute atomic E-state index is 15.8. The Morgan fingerprint density at radius 2 is 1.91 bits per heavy atom. The van der Waals surface area contributed by atoms with E-state index in [4.69, 9.17) is 4.52 Å². The van der Waals surface area contributed by atoms with Gasteiger partial charge in [-0.3, -0.25) is 4.98 Å². The third-order valence-electron chi connectivity index (χ3n) is 6.78. The normalized spacial score (nSPS) is 21.4. The molecule has 0 aliphatic heterocycles. The molecule has 4 aromatic heterocycles. The number of pyridine rings is 1. The minimum absolute atomic E-state index is 0.186. The summed E-state index contributed by atoms with van der Waals surface area (Å²) in [5, 5.41) is 7.79. The standard InChI is InChI=1S/C24H26F3N5O/c1-14-4-6-24(27,7-5-14)13-31-12-19(18-10-29-32(11-18)23(25)26)22-20(31)8-17(9-28-22)21-15(2)30-33-16(21)3/h8-12,14,23H,4-7,13H2,1-3H3. The number of hydrogen-bond acceptors (Lipinski definition) is 4. The van der Waals surface area contributed by atoms with Crippen molar-refractivity contribution < 1.29 is 17.7 Å². The Morgan fingerprint density at radius 1 is 1.15 bits per heavy atom. The fourth-order valence-electron chi connectivity index (χ4n) is 4.87. The smallest absolute Gasteiger partial charge is 0.333 e. The molecule has 1 saturated carbocycles. The molecule has 1 aliphatic rings. The number of alkyl halides is 3. The van der Waals surface area contributed by atoms with E-state index in [1.165, 1.54) is 12.4 Å². The number of aryl methyl sites for hydroxylation is 2. The Morgan fingerprint density at radius 3 is 2.55 bits per heavy atom. The van der Waals surface area contributed by atoms with E-state index < -0.39 is 12.2 Å². The summed E-state index contributed by atoms with van der Waals surface area (Å²) >= 11 is 0. The number of hydrogen-bond donors (Lipinski definition) is 0. The molecular weight excluding hydrogens is 431 g/mol. The summed E-state index contributed by atoms with van der Waals surface area (Å²) in [6.45, 7) is 3.31. The van der Waals surface area contributed by atoms with Gasteiger partial charge in [0, 0.05) is 40.8 Å². The second kappa shape index (κ2) is 8.04. The summed E-state index contributed by atoms with van der Waals surface area (Å²) in [5.41, 5.74) is 3.62. The summed E-state index contributed by atoms with van der Waals surface area (Å²) in [4.78, 5) is 4.66. The van der Waals surface area contributed by atoms with Crippen LogP contribution in [-0.2, 0) is 6.54 Å². The Kier molecular flexibility index (Phi) is 5.29. The predicted molar refractivity (Wildman–Crippen MR) is 119 cm³/mol. The molecule has 5 rings (SSSR count). The van der Waals surface area contributed by atoms with Crippen molar-refractivity contribution in [3.05, 3.63) is 42.3 Å². The van der Waals surface area contributed by atoms with Gasteiger partial charge in [0.1, 0.15) is 11.4 Å². The van der Waals surface area contributed by atoms with E-state index in [0.29, 0.717) is 45.8 Å². The highest BCUT2D eigenvalue weighted by atomic mass is 19.3. The van der Waals surface area contributed by atoms with E-state index in [1.54, 1.807) is 12.4 Å². The largest absolute Gasteiger partial charge is 0.361 e. The first-order valence-electron chi connectivity index (χ1n) is 11.2. The summed E-state index contributed by atoms with van der Waals surface area (Å²) in [5.74, 6) is 1.20. The average Bonchev–Trinajstić information content (AvgIpc) is 3.48. The molecule has 0 atom stereocenters. The summed E-state index contributed by atoms with van der Waals surface area (Å²) in [7, 11) is 0. The van der Waals surface area contributed by atoms with Crippen LogP contribution >= 0.6 is 0 Å². The summed E-state index contributed by atoms with van der Waals surface area (Å²) in [6.07, 6.45) is 8.92. The van der Waals surface area contributed by atoms with E-state index >= 15 is 4.39 Å². The summed E-state index contributed by atoms with van der Waals surface area (Å²) in [6, 6.07) is 1.95. The molecule has 0 aromatic carbocycles. The molecule has 0 amide bonds. The Hall–Kier alpha value is -3.10. The number of aromatic nitrogens is 5. The quantitative estimate of drug-likeness (QED) is 0.344. The van der Waals surface area contributed by atoms with Crippen LogP contribution in [0, 0.1) is 19.8 Å². The van der Waals surface area contributed by atoms with Crippen LogP contribution < -0.4 is 0 Å². The molecule has 0 radical (unpaired) electrons. The SMILES string of the molecule is Cc1noc(C)c1-c1cnc2c(-c3cnn(C(F)F)c3)cn(CC3(F)CCC(C)CC3)c2c1. The lowest BCUT2D eigenvalue weighted by atomic mass is 9.81. The van der Waals surface area contributed by atoms with Gasteiger partial charge < -0.3 is 9.09 Å². The van der Waals surface area contributed by atoms with Crippen LogP contribution in [0.25, 0.3) is 33.3 Å². The molecule has 9 heteroatoms. The van der Waals surface area contributed by atoms with Crippen LogP contribution in [0.5, 0.6) is 0 Å². The lowest BCUT2D eigenvalue weighted by Gasteiger charge is -2.33. The monoisotopic (exact) mass is 457 g/mol. The van der Waals surface area contributed by atoms with Crippen LogP contribution in [0.2, 0.25) is 0 Å². The first kappa shape index (κ1) is 21.7. The van der Waals surface area contributed by atoms with Crippen LogP contribution in [-0.4, -0.2) is 30.2 Å². The first-order valence-corrected chi connectivity index (χ1v) is 11.2. The fourth-order valence-corrected chi connectivity index (χ4v) is 4.87. The van der Waals surface area contributed by atoms with Crippen LogP contribution in [0.15, 0.2) is 35.4 Å². The lowest BCUT2D eigenvalue weighted by molar-refractivity contribution is 0.0566. The van der Waals surface area contributed by atoms with Crippen molar-refractivity contribution in [1.29, 1.82) is 0 Å². The average molecular weight is 458 g/mol. The highest BCUT2D eigenvalue weighted by Crippen LogP contribution is 2.39. The number of halogens is 3. The number of nitrogens with zero attached hydrogens (tertiary/aromatic N) is 5. The topological polar surface area (TPSA) is 61.7 Å². The third-order valence-corrected chi connectivity index (χ3v) is 6.78. The number of rotatable bonds is 5. The molecule has 0 saturated heterocycles. The van der Waals surface area contributed by atoms with E-state index in [2.05, 4.69) is 22.2 Å². The van der Waals surface area contributed by atoms with Crippen LogP contribution in [0.1, 0.15) is 50.6 Å². The third kappa shape index (κ3) is 3.94. The first-order chi connectivity index (χ1) is 15.7. The molecular formula is C24H26F3N5O. The molecule has 4 heterocycles. The molecule has 6 nitrogen and oxygen atoms in total. The molecule has 174 valence electrons. The second-order valence-corrected chi connectivity index (χ2v) is 9.28. The zero-order valence-electron chi connectivity index (χ0n) is 18.9. The summed E-state index contributed by atoms with van der Waals surface area (Å²) < 4.78 is 49.8. The molecule has 1 fully saturated rings. The van der Waals surface area contributed by atoms with Gasteiger partial charge in [-0.25, -0.2) is 9.07 Å². The molecule has 0 N–H and O–H groups in total. The van der Waals surface area contributed by atoms with Gasteiger partial charge in [-0.2, -0.15) is 13.9 Å². The zero-order chi connectivity index (χ0) is 23.3. The lowest BCUT2D eigenvalue weighted by Crippen LogP contribution is -2.33. The maximum atomic E-state index is 15.8. The van der Waals surface area contributed by atoms with E-state index in [1.807, 2.05) is 24.5 Å². The minimum atomic E-state index is -2.73. The second-order valence-electron chi connectivity index (χ2n) is 9.28. The van der Waals surface area contributed by atoms with Crippen molar-refractivity contribution in [1.82, 2.24) is 24.5 Å². The Bertz CT molecular complexity index is 1280. The van der Waals surface area contributed by atoms with Gasteiger partial charge in [-0.05, 0) is 51.5 Å². The van der Waals surface area contributed by atoms with Crippen molar-refractivity contribution >= 4 is 11.0 Å². The van der Waals surface area contributed by atoms with Gasteiger partial charge in [-0.1, -0.05) is 12.1 Å². The zero-order valence-corrected chi connectivity index (χ0v) is 18.9.